The summed E-state index contributed by atoms with van der Waals surface area (Å²) in [6, 6.07) is 13.9. The molecular formula is C29H33N3O3S. The van der Waals surface area contributed by atoms with E-state index < -0.39 is 5.41 Å². The number of terminal acetylenes is 1. The van der Waals surface area contributed by atoms with Crippen molar-refractivity contribution in [1.82, 2.24) is 15.5 Å². The van der Waals surface area contributed by atoms with Crippen molar-refractivity contribution < 1.29 is 14.1 Å². The number of nitrogens with zero attached hydrogens (tertiary/aromatic N) is 2. The van der Waals surface area contributed by atoms with Gasteiger partial charge in [-0.15, -0.1) is 23.7 Å². The maximum Gasteiger partial charge on any atom is 0.317 e. The summed E-state index contributed by atoms with van der Waals surface area (Å²) in [4.78, 5) is 19.3. The van der Waals surface area contributed by atoms with Crippen molar-refractivity contribution in [3.63, 3.8) is 0 Å². The standard InChI is InChI=1S/C29H33N3O3S/c1-2-21-19-24(34-28(33)29(25-13-10-18-36-25)15-8-3-4-9-16-29)23(21)14-17-30-20-26-31-27(35-32-26)22-11-6-5-7-12-22/h1,5-7,10-13,18,21,23-24,30H,3-4,8-9,14-17,19-20H2. The van der Waals surface area contributed by atoms with Gasteiger partial charge < -0.3 is 14.6 Å². The molecule has 5 rings (SSSR count). The molecule has 0 amide bonds. The van der Waals surface area contributed by atoms with E-state index in [-0.39, 0.29) is 23.9 Å². The van der Waals surface area contributed by atoms with Gasteiger partial charge in [-0.1, -0.05) is 55.1 Å². The number of nitrogens with one attached hydrogen (secondary N) is 1. The van der Waals surface area contributed by atoms with Gasteiger partial charge in [0.2, 0.25) is 0 Å². The lowest BCUT2D eigenvalue weighted by Crippen LogP contribution is -2.48. The van der Waals surface area contributed by atoms with Crippen LogP contribution in [0.4, 0.5) is 0 Å². The highest BCUT2D eigenvalue weighted by Crippen LogP contribution is 2.45. The van der Waals surface area contributed by atoms with Gasteiger partial charge in [0.1, 0.15) is 11.5 Å². The van der Waals surface area contributed by atoms with E-state index in [1.165, 1.54) is 12.8 Å². The lowest BCUT2D eigenvalue weighted by atomic mass is 9.69. The normalized spacial score (nSPS) is 23.2. The number of carbonyl (C=O) groups excluding carboxylic acids is 1. The second-order valence-electron chi connectivity index (χ2n) is 9.94. The fraction of sp³-hybridized carbons (Fsp3) is 0.483. The Kier molecular flexibility index (Phi) is 7.84. The first-order valence-electron chi connectivity index (χ1n) is 13.0. The van der Waals surface area contributed by atoms with Crippen LogP contribution in [0.1, 0.15) is 62.1 Å². The van der Waals surface area contributed by atoms with Crippen molar-refractivity contribution in [3.8, 4) is 23.8 Å². The molecule has 0 spiro atoms. The Balaban J connectivity index is 1.16. The van der Waals surface area contributed by atoms with Gasteiger partial charge in [-0.05, 0) is 55.8 Å². The zero-order chi connectivity index (χ0) is 24.8. The van der Waals surface area contributed by atoms with E-state index in [0.717, 1.165) is 55.5 Å². The summed E-state index contributed by atoms with van der Waals surface area (Å²) in [7, 11) is 0. The average Bonchev–Trinajstić information content (AvgIpc) is 3.55. The molecule has 2 aliphatic carbocycles. The molecule has 2 aromatic heterocycles. The SMILES string of the molecule is C#CC1CC(OC(=O)C2(c3cccs3)CCCCCC2)C1CCNCc1noc(-c2ccccc2)n1. The summed E-state index contributed by atoms with van der Waals surface area (Å²) in [6.07, 6.45) is 13.5. The van der Waals surface area contributed by atoms with Crippen LogP contribution in [0.15, 0.2) is 52.4 Å². The zero-order valence-electron chi connectivity index (χ0n) is 20.5. The molecule has 3 unspecified atom stereocenters. The fourth-order valence-electron chi connectivity index (χ4n) is 5.55. The van der Waals surface area contributed by atoms with Crippen LogP contribution in [0.5, 0.6) is 0 Å². The van der Waals surface area contributed by atoms with Crippen LogP contribution in [0.3, 0.4) is 0 Å². The van der Waals surface area contributed by atoms with E-state index in [1.54, 1.807) is 11.3 Å². The first-order chi connectivity index (χ1) is 17.7. The van der Waals surface area contributed by atoms with Crippen molar-refractivity contribution in [3.05, 3.63) is 58.5 Å². The first kappa shape index (κ1) is 24.7. The van der Waals surface area contributed by atoms with E-state index in [0.29, 0.717) is 18.3 Å². The minimum atomic E-state index is -0.496. The first-order valence-corrected chi connectivity index (χ1v) is 13.9. The van der Waals surface area contributed by atoms with Crippen molar-refractivity contribution in [2.75, 3.05) is 6.54 Å². The largest absolute Gasteiger partial charge is 0.461 e. The number of thiophene rings is 1. The van der Waals surface area contributed by atoms with Gasteiger partial charge in [0.05, 0.1) is 6.54 Å². The highest BCUT2D eigenvalue weighted by atomic mass is 32.1. The third kappa shape index (κ3) is 5.25. The van der Waals surface area contributed by atoms with E-state index in [9.17, 15) is 4.79 Å². The van der Waals surface area contributed by atoms with Crippen molar-refractivity contribution >= 4 is 17.3 Å². The molecule has 0 radical (unpaired) electrons. The van der Waals surface area contributed by atoms with Gasteiger partial charge in [-0.2, -0.15) is 4.98 Å². The molecule has 188 valence electrons. The smallest absolute Gasteiger partial charge is 0.317 e. The highest BCUT2D eigenvalue weighted by molar-refractivity contribution is 7.10. The monoisotopic (exact) mass is 503 g/mol. The number of esters is 1. The molecule has 36 heavy (non-hydrogen) atoms. The Morgan fingerprint density at radius 3 is 2.69 bits per heavy atom. The summed E-state index contributed by atoms with van der Waals surface area (Å²) in [5.74, 6) is 4.30. The number of benzene rings is 1. The Hall–Kier alpha value is -2.95. The summed E-state index contributed by atoms with van der Waals surface area (Å²) in [5.41, 5.74) is 0.408. The summed E-state index contributed by atoms with van der Waals surface area (Å²) < 4.78 is 11.6. The Labute approximate surface area is 216 Å². The average molecular weight is 504 g/mol. The molecular weight excluding hydrogens is 470 g/mol. The Morgan fingerprint density at radius 1 is 1.17 bits per heavy atom. The van der Waals surface area contributed by atoms with Crippen LogP contribution in [-0.4, -0.2) is 28.8 Å². The zero-order valence-corrected chi connectivity index (χ0v) is 21.3. The quantitative estimate of drug-likeness (QED) is 0.173. The van der Waals surface area contributed by atoms with Crippen LogP contribution < -0.4 is 5.32 Å². The maximum atomic E-state index is 13.6. The molecule has 0 aliphatic heterocycles. The predicted molar refractivity (Wildman–Crippen MR) is 140 cm³/mol. The second kappa shape index (κ2) is 11.4. The van der Waals surface area contributed by atoms with Gasteiger partial charge in [0.25, 0.3) is 5.89 Å². The molecule has 2 heterocycles. The highest BCUT2D eigenvalue weighted by Gasteiger charge is 2.48. The van der Waals surface area contributed by atoms with E-state index in [4.69, 9.17) is 15.7 Å². The third-order valence-corrected chi connectivity index (χ3v) is 8.79. The van der Waals surface area contributed by atoms with Crippen LogP contribution in [0, 0.1) is 24.2 Å². The number of hydrogen-bond donors (Lipinski definition) is 1. The van der Waals surface area contributed by atoms with Crippen molar-refractivity contribution in [1.29, 1.82) is 0 Å². The molecule has 3 atom stereocenters. The second-order valence-corrected chi connectivity index (χ2v) is 10.9. The van der Waals surface area contributed by atoms with Crippen molar-refractivity contribution in [2.45, 2.75) is 69.4 Å². The Morgan fingerprint density at radius 2 is 1.97 bits per heavy atom. The molecule has 1 N–H and O–H groups in total. The van der Waals surface area contributed by atoms with Gasteiger partial charge in [0.15, 0.2) is 5.82 Å². The van der Waals surface area contributed by atoms with Crippen LogP contribution in [-0.2, 0) is 21.5 Å². The summed E-state index contributed by atoms with van der Waals surface area (Å²) in [5, 5.41) is 9.53. The van der Waals surface area contributed by atoms with E-state index in [2.05, 4.69) is 32.8 Å². The molecule has 0 saturated heterocycles. The van der Waals surface area contributed by atoms with Gasteiger partial charge in [-0.3, -0.25) is 4.79 Å². The Bertz CT molecular complexity index is 1160. The molecule has 3 aromatic rings. The van der Waals surface area contributed by atoms with Crippen LogP contribution in [0.2, 0.25) is 0 Å². The van der Waals surface area contributed by atoms with Gasteiger partial charge in [-0.25, -0.2) is 0 Å². The summed E-state index contributed by atoms with van der Waals surface area (Å²) >= 11 is 1.68. The van der Waals surface area contributed by atoms with Gasteiger partial charge >= 0.3 is 5.97 Å². The van der Waals surface area contributed by atoms with E-state index >= 15 is 0 Å². The molecule has 6 nitrogen and oxygen atoms in total. The number of rotatable bonds is 9. The molecule has 2 fully saturated rings. The fourth-order valence-corrected chi connectivity index (χ4v) is 6.53. The van der Waals surface area contributed by atoms with E-state index in [1.807, 2.05) is 36.4 Å². The molecule has 1 aromatic carbocycles. The molecule has 7 heteroatoms. The predicted octanol–water partition coefficient (Wildman–Crippen LogP) is 5.75. The van der Waals surface area contributed by atoms with Crippen molar-refractivity contribution in [2.24, 2.45) is 11.8 Å². The number of hydrogen-bond acceptors (Lipinski definition) is 7. The number of aromatic nitrogens is 2. The maximum absolute atomic E-state index is 13.6. The molecule has 2 saturated carbocycles. The van der Waals surface area contributed by atoms with Crippen LogP contribution >= 0.6 is 11.3 Å². The lowest BCUT2D eigenvalue weighted by molar-refractivity contribution is -0.169. The summed E-state index contributed by atoms with van der Waals surface area (Å²) in [6.45, 7) is 1.25. The molecule has 2 aliphatic rings. The minimum absolute atomic E-state index is 0.0504. The van der Waals surface area contributed by atoms with Crippen LogP contribution in [0.25, 0.3) is 11.5 Å². The number of carbonyl (C=O) groups is 1. The van der Waals surface area contributed by atoms with Gasteiger partial charge in [0, 0.05) is 22.3 Å². The minimum Gasteiger partial charge on any atom is -0.461 e. The molecule has 0 bridgehead atoms. The topological polar surface area (TPSA) is 77.2 Å². The lowest BCUT2D eigenvalue weighted by Gasteiger charge is -2.43. The third-order valence-electron chi connectivity index (χ3n) is 7.72. The number of ether oxygens (including phenoxy) is 1.